The standard InChI is InChI=1S/C21H31N5O7/c1-3-11(2)18(26-19(31)14(22)9-16(23)28)21(33)25-15(20(32)24-10-17(29)30)8-12-4-6-13(27)7-5-12/h4-7,11,14-15,18,27H,3,8-10,22H2,1-2H3,(H2,23,28)(H,24,32)(H,25,33)(H,26,31)(H,29,30). The molecule has 1 rings (SSSR count). The molecule has 9 N–H and O–H groups in total. The largest absolute Gasteiger partial charge is 0.508 e. The van der Waals surface area contributed by atoms with Crippen LogP contribution in [-0.4, -0.2) is 64.5 Å². The van der Waals surface area contributed by atoms with Crippen molar-refractivity contribution in [3.63, 3.8) is 0 Å². The van der Waals surface area contributed by atoms with Crippen LogP contribution in [0.15, 0.2) is 24.3 Å². The summed E-state index contributed by atoms with van der Waals surface area (Å²) in [4.78, 5) is 59.8. The van der Waals surface area contributed by atoms with Gasteiger partial charge in [0.15, 0.2) is 0 Å². The third-order valence-corrected chi connectivity index (χ3v) is 4.97. The third kappa shape index (κ3) is 9.56. The summed E-state index contributed by atoms with van der Waals surface area (Å²) in [7, 11) is 0. The molecule has 4 amide bonds. The number of primary amides is 1. The van der Waals surface area contributed by atoms with Crippen LogP contribution >= 0.6 is 0 Å². The van der Waals surface area contributed by atoms with E-state index in [1.165, 1.54) is 12.1 Å². The van der Waals surface area contributed by atoms with Gasteiger partial charge in [-0.3, -0.25) is 24.0 Å². The Balaban J connectivity index is 3.05. The third-order valence-electron chi connectivity index (χ3n) is 4.97. The number of carboxylic acid groups (broad SMARTS) is 1. The van der Waals surface area contributed by atoms with Gasteiger partial charge in [-0.2, -0.15) is 0 Å². The number of carboxylic acids is 1. The molecule has 0 aliphatic rings. The van der Waals surface area contributed by atoms with Crippen LogP contribution in [0.2, 0.25) is 0 Å². The number of nitrogens with one attached hydrogen (secondary N) is 3. The Hall–Kier alpha value is -3.67. The van der Waals surface area contributed by atoms with Crippen molar-refractivity contribution in [2.75, 3.05) is 6.54 Å². The van der Waals surface area contributed by atoms with Crippen LogP contribution in [0, 0.1) is 5.92 Å². The van der Waals surface area contributed by atoms with Gasteiger partial charge >= 0.3 is 5.97 Å². The molecule has 12 heteroatoms. The van der Waals surface area contributed by atoms with Crippen molar-refractivity contribution in [3.8, 4) is 5.75 Å². The van der Waals surface area contributed by atoms with E-state index in [0.29, 0.717) is 12.0 Å². The van der Waals surface area contributed by atoms with Gasteiger partial charge in [-0.25, -0.2) is 0 Å². The number of phenolic OH excluding ortho intramolecular Hbond substituents is 1. The average molecular weight is 466 g/mol. The van der Waals surface area contributed by atoms with E-state index in [4.69, 9.17) is 16.6 Å². The van der Waals surface area contributed by atoms with Crippen LogP contribution in [0.25, 0.3) is 0 Å². The Morgan fingerprint density at radius 1 is 1.00 bits per heavy atom. The predicted molar refractivity (Wildman–Crippen MR) is 118 cm³/mol. The Labute approximate surface area is 191 Å². The fourth-order valence-electron chi connectivity index (χ4n) is 2.90. The smallest absolute Gasteiger partial charge is 0.322 e. The maximum Gasteiger partial charge on any atom is 0.322 e. The van der Waals surface area contributed by atoms with Gasteiger partial charge in [0.05, 0.1) is 12.5 Å². The number of benzene rings is 1. The van der Waals surface area contributed by atoms with Gasteiger partial charge in [-0.15, -0.1) is 0 Å². The second kappa shape index (κ2) is 13.0. The minimum Gasteiger partial charge on any atom is -0.508 e. The molecule has 0 saturated carbocycles. The van der Waals surface area contributed by atoms with E-state index in [-0.39, 0.29) is 18.1 Å². The van der Waals surface area contributed by atoms with Crippen LogP contribution in [0.5, 0.6) is 5.75 Å². The minimum atomic E-state index is -1.26. The van der Waals surface area contributed by atoms with Crippen molar-refractivity contribution >= 4 is 29.6 Å². The molecule has 1 aromatic carbocycles. The number of aliphatic carboxylic acids is 1. The van der Waals surface area contributed by atoms with E-state index in [0.717, 1.165) is 0 Å². The van der Waals surface area contributed by atoms with Gasteiger partial charge < -0.3 is 37.6 Å². The molecule has 0 spiro atoms. The number of aromatic hydroxyl groups is 1. The molecular formula is C21H31N5O7. The minimum absolute atomic E-state index is 0.000165. The molecule has 0 fully saturated rings. The van der Waals surface area contributed by atoms with Crippen LogP contribution in [0.3, 0.4) is 0 Å². The van der Waals surface area contributed by atoms with Gasteiger partial charge in [-0.05, 0) is 23.6 Å². The summed E-state index contributed by atoms with van der Waals surface area (Å²) in [5, 5.41) is 25.5. The van der Waals surface area contributed by atoms with Gasteiger partial charge in [0.2, 0.25) is 23.6 Å². The van der Waals surface area contributed by atoms with Gasteiger partial charge in [0, 0.05) is 6.42 Å². The fourth-order valence-corrected chi connectivity index (χ4v) is 2.90. The van der Waals surface area contributed by atoms with Gasteiger partial charge in [0.25, 0.3) is 0 Å². The van der Waals surface area contributed by atoms with E-state index in [9.17, 15) is 29.1 Å². The summed E-state index contributed by atoms with van der Waals surface area (Å²) < 4.78 is 0. The molecule has 0 bridgehead atoms. The van der Waals surface area contributed by atoms with Crippen LogP contribution in [0.4, 0.5) is 0 Å². The zero-order chi connectivity index (χ0) is 25.1. The molecule has 0 aliphatic carbocycles. The number of hydrogen-bond donors (Lipinski definition) is 7. The summed E-state index contributed by atoms with van der Waals surface area (Å²) in [6.45, 7) is 2.87. The molecule has 0 aliphatic heterocycles. The fraction of sp³-hybridized carbons (Fsp3) is 0.476. The molecule has 4 atom stereocenters. The van der Waals surface area contributed by atoms with Gasteiger partial charge in [-0.1, -0.05) is 32.4 Å². The van der Waals surface area contributed by atoms with Crippen LogP contribution < -0.4 is 27.4 Å². The lowest BCUT2D eigenvalue weighted by molar-refractivity contribution is -0.138. The highest BCUT2D eigenvalue weighted by atomic mass is 16.4. The molecule has 182 valence electrons. The van der Waals surface area contributed by atoms with Crippen molar-refractivity contribution in [2.24, 2.45) is 17.4 Å². The van der Waals surface area contributed by atoms with Gasteiger partial charge in [0.1, 0.15) is 24.4 Å². The molecular weight excluding hydrogens is 434 g/mol. The number of carbonyl (C=O) groups is 5. The predicted octanol–water partition coefficient (Wildman–Crippen LogP) is -1.65. The topological polar surface area (TPSA) is 214 Å². The number of rotatable bonds is 13. The van der Waals surface area contributed by atoms with Crippen molar-refractivity contribution < 1.29 is 34.2 Å². The zero-order valence-corrected chi connectivity index (χ0v) is 18.5. The number of nitrogens with two attached hydrogens (primary N) is 2. The SMILES string of the molecule is CCC(C)C(NC(=O)C(N)CC(N)=O)C(=O)NC(Cc1ccc(O)cc1)C(=O)NCC(=O)O. The lowest BCUT2D eigenvalue weighted by Crippen LogP contribution is -2.58. The lowest BCUT2D eigenvalue weighted by Gasteiger charge is -2.27. The van der Waals surface area contributed by atoms with Crippen LogP contribution in [-0.2, 0) is 30.4 Å². The first-order valence-electron chi connectivity index (χ1n) is 10.4. The Morgan fingerprint density at radius 3 is 2.12 bits per heavy atom. The lowest BCUT2D eigenvalue weighted by atomic mass is 9.96. The highest BCUT2D eigenvalue weighted by Crippen LogP contribution is 2.13. The molecule has 0 saturated heterocycles. The summed E-state index contributed by atoms with van der Waals surface area (Å²) in [5.74, 6) is -4.54. The van der Waals surface area contributed by atoms with Crippen molar-refractivity contribution in [1.82, 2.24) is 16.0 Å². The number of carbonyl (C=O) groups excluding carboxylic acids is 4. The molecule has 0 radical (unpaired) electrons. The molecule has 0 aromatic heterocycles. The maximum atomic E-state index is 13.0. The monoisotopic (exact) mass is 465 g/mol. The molecule has 1 aromatic rings. The average Bonchev–Trinajstić information content (AvgIpc) is 2.75. The van der Waals surface area contributed by atoms with Crippen LogP contribution in [0.1, 0.15) is 32.3 Å². The Morgan fingerprint density at radius 2 is 1.61 bits per heavy atom. The molecule has 33 heavy (non-hydrogen) atoms. The second-order valence-electron chi connectivity index (χ2n) is 7.69. The first kappa shape index (κ1) is 27.4. The van der Waals surface area contributed by atoms with E-state index < -0.39 is 60.7 Å². The molecule has 4 unspecified atom stereocenters. The summed E-state index contributed by atoms with van der Waals surface area (Å²) in [5.41, 5.74) is 11.3. The van der Waals surface area contributed by atoms with E-state index in [1.807, 2.05) is 0 Å². The quantitative estimate of drug-likeness (QED) is 0.179. The van der Waals surface area contributed by atoms with Crippen molar-refractivity contribution in [1.29, 1.82) is 0 Å². The van der Waals surface area contributed by atoms with Crippen molar-refractivity contribution in [3.05, 3.63) is 29.8 Å². The summed E-state index contributed by atoms with van der Waals surface area (Å²) >= 11 is 0. The first-order valence-corrected chi connectivity index (χ1v) is 10.4. The van der Waals surface area contributed by atoms with Crippen molar-refractivity contribution in [2.45, 2.75) is 51.2 Å². The van der Waals surface area contributed by atoms with E-state index >= 15 is 0 Å². The van der Waals surface area contributed by atoms with E-state index in [2.05, 4.69) is 16.0 Å². The molecule has 12 nitrogen and oxygen atoms in total. The number of phenols is 1. The highest BCUT2D eigenvalue weighted by molar-refractivity contribution is 5.95. The summed E-state index contributed by atoms with van der Waals surface area (Å²) in [6.07, 6.45) is 0.0961. The highest BCUT2D eigenvalue weighted by Gasteiger charge is 2.31. The van der Waals surface area contributed by atoms with E-state index in [1.54, 1.807) is 26.0 Å². The number of hydrogen-bond acceptors (Lipinski definition) is 7. The second-order valence-corrected chi connectivity index (χ2v) is 7.69. The summed E-state index contributed by atoms with van der Waals surface area (Å²) in [6, 6.07) is 2.44. The maximum absolute atomic E-state index is 13.0. The zero-order valence-electron chi connectivity index (χ0n) is 18.5. The Bertz CT molecular complexity index is 859. The first-order chi connectivity index (χ1) is 15.4. The normalized spacial score (nSPS) is 14.3. The Kier molecular flexibility index (Phi) is 10.8. The molecule has 0 heterocycles. The number of amides is 4.